The number of benzene rings is 1. The smallest absolute Gasteiger partial charge is 0.251 e. The highest BCUT2D eigenvalue weighted by Gasteiger charge is 2.11. The van der Waals surface area contributed by atoms with Gasteiger partial charge in [-0.25, -0.2) is 5.84 Å². The monoisotopic (exact) mass is 437 g/mol. The van der Waals surface area contributed by atoms with Crippen LogP contribution in [-0.4, -0.2) is 47.2 Å². The molecule has 32 heavy (non-hydrogen) atoms. The molecule has 1 fully saturated rings. The van der Waals surface area contributed by atoms with Gasteiger partial charge in [-0.1, -0.05) is 19.1 Å². The molecule has 0 unspecified atom stereocenters. The van der Waals surface area contributed by atoms with Gasteiger partial charge in [0.1, 0.15) is 5.69 Å². The zero-order valence-corrected chi connectivity index (χ0v) is 19.1. The number of rotatable bonds is 9. The summed E-state index contributed by atoms with van der Waals surface area (Å²) in [6.07, 6.45) is 10.1. The van der Waals surface area contributed by atoms with Gasteiger partial charge in [-0.3, -0.25) is 14.9 Å². The van der Waals surface area contributed by atoms with Gasteiger partial charge in [0, 0.05) is 23.5 Å². The van der Waals surface area contributed by atoms with Crippen molar-refractivity contribution in [3.63, 3.8) is 0 Å². The van der Waals surface area contributed by atoms with Crippen molar-refractivity contribution in [2.75, 3.05) is 31.2 Å². The molecule has 0 radical (unpaired) electrons. The largest absolute Gasteiger partial charge is 0.396 e. The van der Waals surface area contributed by atoms with Crippen molar-refractivity contribution in [2.24, 2.45) is 11.6 Å². The first kappa shape index (κ1) is 23.6. The van der Waals surface area contributed by atoms with E-state index in [-0.39, 0.29) is 5.91 Å². The van der Waals surface area contributed by atoms with E-state index in [1.807, 2.05) is 13.0 Å². The van der Waals surface area contributed by atoms with Crippen molar-refractivity contribution >= 4 is 29.4 Å². The lowest BCUT2D eigenvalue weighted by atomic mass is 10.2. The van der Waals surface area contributed by atoms with Crippen LogP contribution in [0.25, 0.3) is 17.8 Å². The van der Waals surface area contributed by atoms with Gasteiger partial charge in [-0.15, -0.1) is 0 Å². The second-order valence-electron chi connectivity index (χ2n) is 8.00. The molecule has 0 saturated carbocycles. The fourth-order valence-electron chi connectivity index (χ4n) is 3.92. The van der Waals surface area contributed by atoms with Gasteiger partial charge in [0.15, 0.2) is 0 Å². The highest BCUT2D eigenvalue weighted by Crippen LogP contribution is 2.14. The third-order valence-electron chi connectivity index (χ3n) is 5.64. The molecule has 0 aliphatic carbocycles. The lowest BCUT2D eigenvalue weighted by molar-refractivity contribution is 0.0952. The number of carbonyl (C=O) groups excluding carboxylic acids is 1. The molecule has 3 rings (SSSR count). The molecular formula is C24H35N7O. The van der Waals surface area contributed by atoms with Crippen molar-refractivity contribution in [1.29, 1.82) is 0 Å². The van der Waals surface area contributed by atoms with Crippen molar-refractivity contribution in [1.82, 2.24) is 20.4 Å². The average molecular weight is 438 g/mol. The quantitative estimate of drug-likeness (QED) is 0.267. The maximum absolute atomic E-state index is 12.4. The van der Waals surface area contributed by atoms with Crippen molar-refractivity contribution < 1.29 is 4.79 Å². The molecule has 2 aromatic rings. The van der Waals surface area contributed by atoms with Crippen LogP contribution in [0.3, 0.4) is 0 Å². The Hall–Kier alpha value is -3.10. The number of nitrogens with one attached hydrogen (secondary N) is 2. The minimum atomic E-state index is -0.0732. The average Bonchev–Trinajstić information content (AvgIpc) is 3.46. The van der Waals surface area contributed by atoms with Crippen LogP contribution >= 0.6 is 0 Å². The molecule has 0 atom stereocenters. The minimum absolute atomic E-state index is 0.0732. The van der Waals surface area contributed by atoms with E-state index in [0.717, 1.165) is 35.6 Å². The fraction of sp³-hybridized carbons (Fsp3) is 0.417. The summed E-state index contributed by atoms with van der Waals surface area (Å²) in [5, 5.41) is 13.7. The predicted octanol–water partition coefficient (Wildman–Crippen LogP) is 1.25. The van der Waals surface area contributed by atoms with Crippen molar-refractivity contribution in [3.05, 3.63) is 52.3 Å². The highest BCUT2D eigenvalue weighted by molar-refractivity contribution is 5.94. The van der Waals surface area contributed by atoms with Crippen LogP contribution in [0.5, 0.6) is 0 Å². The maximum atomic E-state index is 12.4. The van der Waals surface area contributed by atoms with Crippen LogP contribution in [0.1, 0.15) is 55.6 Å². The Morgan fingerprint density at radius 2 is 2.00 bits per heavy atom. The summed E-state index contributed by atoms with van der Waals surface area (Å²) in [5.74, 6) is 6.12. The van der Waals surface area contributed by atoms with Crippen molar-refractivity contribution in [3.8, 4) is 0 Å². The third-order valence-corrected chi connectivity index (χ3v) is 5.64. The fourth-order valence-corrected chi connectivity index (χ4v) is 3.92. The molecule has 1 aromatic carbocycles. The number of hydrogen-bond donors (Lipinski definition) is 4. The summed E-state index contributed by atoms with van der Waals surface area (Å²) in [5.41, 5.74) is 8.70. The van der Waals surface area contributed by atoms with Gasteiger partial charge in [-0.2, -0.15) is 5.10 Å². The van der Waals surface area contributed by atoms with Gasteiger partial charge in [-0.05, 0) is 76.5 Å². The number of nitrogens with zero attached hydrogens (tertiary/aromatic N) is 3. The van der Waals surface area contributed by atoms with E-state index in [2.05, 4.69) is 33.4 Å². The van der Waals surface area contributed by atoms with E-state index < -0.39 is 0 Å². The zero-order valence-electron chi connectivity index (χ0n) is 19.1. The molecule has 8 heteroatoms. The Morgan fingerprint density at radius 3 is 2.66 bits per heavy atom. The molecule has 2 heterocycles. The number of aromatic nitrogens is 2. The Kier molecular flexibility index (Phi) is 8.47. The molecule has 1 saturated heterocycles. The van der Waals surface area contributed by atoms with Crippen LogP contribution in [0, 0.1) is 0 Å². The summed E-state index contributed by atoms with van der Waals surface area (Å²) >= 11 is 0. The SMILES string of the molecule is C/C=c1/c(/C(N)=C/N(N)c2ccc(C(=O)NCCCN3CCCC3)cc2)n[nH]/c1=C/CC. The van der Waals surface area contributed by atoms with Crippen molar-refractivity contribution in [2.45, 2.75) is 39.5 Å². The summed E-state index contributed by atoms with van der Waals surface area (Å²) in [6.45, 7) is 8.10. The number of likely N-dealkylation sites (tertiary alicyclic amines) is 1. The molecule has 1 aromatic heterocycles. The van der Waals surface area contributed by atoms with Gasteiger partial charge in [0.2, 0.25) is 0 Å². The molecule has 1 aliphatic rings. The Labute approximate surface area is 189 Å². The number of carbonyl (C=O) groups is 1. The number of hydrazine groups is 1. The van der Waals surface area contributed by atoms with E-state index in [1.165, 1.54) is 30.9 Å². The lowest BCUT2D eigenvalue weighted by Gasteiger charge is -2.16. The molecule has 0 spiro atoms. The molecule has 172 valence electrons. The number of aromatic amines is 1. The number of H-pyrrole nitrogens is 1. The normalized spacial score (nSPS) is 16.0. The maximum Gasteiger partial charge on any atom is 0.251 e. The van der Waals surface area contributed by atoms with Crippen LogP contribution in [-0.2, 0) is 0 Å². The van der Waals surface area contributed by atoms with E-state index >= 15 is 0 Å². The number of nitrogens with two attached hydrogens (primary N) is 2. The summed E-state index contributed by atoms with van der Waals surface area (Å²) in [4.78, 5) is 14.8. The van der Waals surface area contributed by atoms with E-state index in [4.69, 9.17) is 11.6 Å². The second kappa shape index (κ2) is 11.5. The summed E-state index contributed by atoms with van der Waals surface area (Å²) in [6, 6.07) is 7.14. The lowest BCUT2D eigenvalue weighted by Crippen LogP contribution is -2.29. The van der Waals surface area contributed by atoms with E-state index in [0.29, 0.717) is 23.5 Å². The van der Waals surface area contributed by atoms with Crippen LogP contribution in [0.15, 0.2) is 30.5 Å². The second-order valence-corrected chi connectivity index (χ2v) is 8.00. The topological polar surface area (TPSA) is 116 Å². The van der Waals surface area contributed by atoms with Crippen LogP contribution in [0.2, 0.25) is 0 Å². The Balaban J connectivity index is 1.59. The Bertz CT molecular complexity index is 1030. The van der Waals surface area contributed by atoms with Crippen LogP contribution < -0.4 is 32.5 Å². The first-order chi connectivity index (χ1) is 15.5. The molecule has 0 bridgehead atoms. The first-order valence-corrected chi connectivity index (χ1v) is 11.4. The van der Waals surface area contributed by atoms with Gasteiger partial charge < -0.3 is 16.0 Å². The molecule has 1 amide bonds. The molecule has 6 N–H and O–H groups in total. The number of hydrogen-bond acceptors (Lipinski definition) is 6. The van der Waals surface area contributed by atoms with Crippen LogP contribution in [0.4, 0.5) is 5.69 Å². The van der Waals surface area contributed by atoms with Gasteiger partial charge in [0.25, 0.3) is 5.91 Å². The predicted molar refractivity (Wildman–Crippen MR) is 131 cm³/mol. The zero-order chi connectivity index (χ0) is 22.9. The number of anilines is 1. The van der Waals surface area contributed by atoms with Gasteiger partial charge >= 0.3 is 0 Å². The third kappa shape index (κ3) is 5.99. The summed E-state index contributed by atoms with van der Waals surface area (Å²) < 4.78 is 0. The molecular weight excluding hydrogens is 402 g/mol. The molecule has 8 nitrogen and oxygen atoms in total. The number of amides is 1. The first-order valence-electron chi connectivity index (χ1n) is 11.4. The molecule has 1 aliphatic heterocycles. The summed E-state index contributed by atoms with van der Waals surface area (Å²) in [7, 11) is 0. The standard InChI is InChI=1S/C24H35N7O/c1-3-8-22-20(4-2)23(29-28-22)21(25)17-31(26)19-11-9-18(10-12-19)24(32)27-13-7-16-30-14-5-6-15-30/h4,8-12,17,28H,3,5-7,13-16,25-26H2,1-2H3,(H,27,32)/b20-4+,21-17-,22-8+. The minimum Gasteiger partial charge on any atom is -0.396 e. The highest BCUT2D eigenvalue weighted by atomic mass is 16.1. The van der Waals surface area contributed by atoms with E-state index in [1.54, 1.807) is 30.5 Å². The Morgan fingerprint density at radius 1 is 1.28 bits per heavy atom. The van der Waals surface area contributed by atoms with E-state index in [9.17, 15) is 4.79 Å². The van der Waals surface area contributed by atoms with Gasteiger partial charge in [0.05, 0.1) is 16.7 Å².